The van der Waals surface area contributed by atoms with Gasteiger partial charge in [0.1, 0.15) is 6.61 Å². The van der Waals surface area contributed by atoms with Crippen molar-refractivity contribution >= 4 is 11.8 Å². The Labute approximate surface area is 65.5 Å². The van der Waals surface area contributed by atoms with Gasteiger partial charge in [-0.25, -0.2) is 4.79 Å². The number of hydrogen-bond acceptors (Lipinski definition) is 4. The molecule has 0 aromatic carbocycles. The second-order valence-corrected chi connectivity index (χ2v) is 1.91. The van der Waals surface area contributed by atoms with Crippen molar-refractivity contribution in [3.63, 3.8) is 0 Å². The SMILES string of the molecule is CCC(=O)C(=O)OCCOC. The molecule has 0 unspecified atom stereocenters. The van der Waals surface area contributed by atoms with Crippen LogP contribution in [0.25, 0.3) is 0 Å². The second-order valence-electron chi connectivity index (χ2n) is 1.91. The van der Waals surface area contributed by atoms with Crippen molar-refractivity contribution in [1.29, 1.82) is 0 Å². The van der Waals surface area contributed by atoms with Crippen molar-refractivity contribution < 1.29 is 19.1 Å². The maximum absolute atomic E-state index is 10.6. The molecule has 0 aromatic heterocycles. The highest BCUT2D eigenvalue weighted by Gasteiger charge is 2.11. The number of ether oxygens (including phenoxy) is 2. The smallest absolute Gasteiger partial charge is 0.374 e. The summed E-state index contributed by atoms with van der Waals surface area (Å²) in [5.74, 6) is -1.27. The molecule has 4 nitrogen and oxygen atoms in total. The van der Waals surface area contributed by atoms with Crippen LogP contribution in [-0.4, -0.2) is 32.1 Å². The van der Waals surface area contributed by atoms with Crippen LogP contribution in [0.1, 0.15) is 13.3 Å². The summed E-state index contributed by atoms with van der Waals surface area (Å²) in [6.07, 6.45) is 0.186. The van der Waals surface area contributed by atoms with Crippen LogP contribution in [0.3, 0.4) is 0 Å². The number of hydrogen-bond donors (Lipinski definition) is 0. The molecule has 0 aliphatic rings. The number of ketones is 1. The lowest BCUT2D eigenvalue weighted by Gasteiger charge is -2.00. The first-order chi connectivity index (χ1) is 5.22. The summed E-state index contributed by atoms with van der Waals surface area (Å²) in [6, 6.07) is 0. The third kappa shape index (κ3) is 4.50. The van der Waals surface area contributed by atoms with Gasteiger partial charge in [-0.3, -0.25) is 4.79 Å². The molecule has 0 fully saturated rings. The molecule has 0 amide bonds. The van der Waals surface area contributed by atoms with E-state index in [0.717, 1.165) is 0 Å². The highest BCUT2D eigenvalue weighted by molar-refractivity contribution is 6.33. The normalized spacial score (nSPS) is 9.27. The van der Waals surface area contributed by atoms with Crippen LogP contribution in [0.4, 0.5) is 0 Å². The van der Waals surface area contributed by atoms with E-state index in [4.69, 9.17) is 0 Å². The summed E-state index contributed by atoms with van der Waals surface area (Å²) in [7, 11) is 1.50. The minimum Gasteiger partial charge on any atom is -0.458 e. The Morgan fingerprint density at radius 3 is 2.36 bits per heavy atom. The molecule has 0 N–H and O–H groups in total. The Bertz CT molecular complexity index is 141. The highest BCUT2D eigenvalue weighted by Crippen LogP contribution is 1.86. The minimum absolute atomic E-state index is 0.140. The van der Waals surface area contributed by atoms with Crippen molar-refractivity contribution in [3.8, 4) is 0 Å². The zero-order valence-corrected chi connectivity index (χ0v) is 6.75. The first kappa shape index (κ1) is 10.1. The molecule has 0 heterocycles. The van der Waals surface area contributed by atoms with E-state index in [1.807, 2.05) is 0 Å². The van der Waals surface area contributed by atoms with E-state index in [1.165, 1.54) is 7.11 Å². The quantitative estimate of drug-likeness (QED) is 0.326. The number of carbonyl (C=O) groups excluding carboxylic acids is 2. The first-order valence-electron chi connectivity index (χ1n) is 3.41. The maximum Gasteiger partial charge on any atom is 0.374 e. The highest BCUT2D eigenvalue weighted by atomic mass is 16.6. The van der Waals surface area contributed by atoms with Crippen LogP contribution in [-0.2, 0) is 19.1 Å². The molecule has 0 radical (unpaired) electrons. The number of esters is 1. The minimum atomic E-state index is -0.774. The van der Waals surface area contributed by atoms with Gasteiger partial charge in [0.25, 0.3) is 0 Å². The van der Waals surface area contributed by atoms with Crippen molar-refractivity contribution in [2.24, 2.45) is 0 Å². The monoisotopic (exact) mass is 160 g/mol. The third-order valence-corrected chi connectivity index (χ3v) is 1.07. The van der Waals surface area contributed by atoms with E-state index in [2.05, 4.69) is 9.47 Å². The topological polar surface area (TPSA) is 52.6 Å². The Balaban J connectivity index is 3.44. The fraction of sp³-hybridized carbons (Fsp3) is 0.714. The van der Waals surface area contributed by atoms with E-state index in [9.17, 15) is 9.59 Å². The van der Waals surface area contributed by atoms with Crippen LogP contribution >= 0.6 is 0 Å². The second kappa shape index (κ2) is 5.85. The van der Waals surface area contributed by atoms with Crippen LogP contribution in [0, 0.1) is 0 Å². The Hall–Kier alpha value is -0.900. The number of carbonyl (C=O) groups is 2. The fourth-order valence-electron chi connectivity index (χ4n) is 0.443. The van der Waals surface area contributed by atoms with Gasteiger partial charge in [0, 0.05) is 13.5 Å². The molecule has 0 saturated heterocycles. The molecular formula is C7H12O4. The number of methoxy groups -OCH3 is 1. The van der Waals surface area contributed by atoms with Gasteiger partial charge in [0.15, 0.2) is 0 Å². The summed E-state index contributed by atoms with van der Waals surface area (Å²) < 4.78 is 9.14. The van der Waals surface area contributed by atoms with E-state index in [0.29, 0.717) is 6.61 Å². The molecule has 0 aliphatic heterocycles. The molecule has 0 aliphatic carbocycles. The molecule has 4 heteroatoms. The van der Waals surface area contributed by atoms with E-state index in [-0.39, 0.29) is 13.0 Å². The molecule has 11 heavy (non-hydrogen) atoms. The van der Waals surface area contributed by atoms with Crippen LogP contribution in [0.5, 0.6) is 0 Å². The zero-order chi connectivity index (χ0) is 8.69. The third-order valence-electron chi connectivity index (χ3n) is 1.07. The summed E-state index contributed by atoms with van der Waals surface area (Å²) >= 11 is 0. The standard InChI is InChI=1S/C7H12O4/c1-3-6(8)7(9)11-5-4-10-2/h3-5H2,1-2H3. The van der Waals surface area contributed by atoms with Gasteiger partial charge < -0.3 is 9.47 Å². The average Bonchev–Trinajstić information content (AvgIpc) is 2.03. The summed E-state index contributed by atoms with van der Waals surface area (Å²) in [6.45, 7) is 2.07. The van der Waals surface area contributed by atoms with Gasteiger partial charge >= 0.3 is 5.97 Å². The lowest BCUT2D eigenvalue weighted by Crippen LogP contribution is -2.18. The Kier molecular flexibility index (Phi) is 5.37. The first-order valence-corrected chi connectivity index (χ1v) is 3.41. The van der Waals surface area contributed by atoms with Gasteiger partial charge in [-0.2, -0.15) is 0 Å². The van der Waals surface area contributed by atoms with Gasteiger partial charge in [0.2, 0.25) is 5.78 Å². The predicted octanol–water partition coefficient (Wildman–Crippen LogP) is 0.155. The summed E-state index contributed by atoms with van der Waals surface area (Å²) in [5, 5.41) is 0. The van der Waals surface area contributed by atoms with Gasteiger partial charge in [-0.1, -0.05) is 6.92 Å². The molecule has 0 aromatic rings. The maximum atomic E-state index is 10.6. The fourth-order valence-corrected chi connectivity index (χ4v) is 0.443. The molecule has 0 rings (SSSR count). The van der Waals surface area contributed by atoms with Crippen molar-refractivity contribution in [2.75, 3.05) is 20.3 Å². The lowest BCUT2D eigenvalue weighted by molar-refractivity contribution is -0.154. The van der Waals surface area contributed by atoms with E-state index < -0.39 is 11.8 Å². The van der Waals surface area contributed by atoms with Gasteiger partial charge in [0.05, 0.1) is 6.61 Å². The van der Waals surface area contributed by atoms with E-state index >= 15 is 0 Å². The predicted molar refractivity (Wildman–Crippen MR) is 38.1 cm³/mol. The molecule has 64 valence electrons. The van der Waals surface area contributed by atoms with Crippen molar-refractivity contribution in [1.82, 2.24) is 0 Å². The molecular weight excluding hydrogens is 148 g/mol. The van der Waals surface area contributed by atoms with Crippen LogP contribution in [0.2, 0.25) is 0 Å². The van der Waals surface area contributed by atoms with Gasteiger partial charge in [-0.15, -0.1) is 0 Å². The van der Waals surface area contributed by atoms with Gasteiger partial charge in [-0.05, 0) is 0 Å². The van der Waals surface area contributed by atoms with E-state index in [1.54, 1.807) is 6.92 Å². The van der Waals surface area contributed by atoms with Crippen molar-refractivity contribution in [3.05, 3.63) is 0 Å². The molecule has 0 saturated carbocycles. The average molecular weight is 160 g/mol. The van der Waals surface area contributed by atoms with Crippen molar-refractivity contribution in [2.45, 2.75) is 13.3 Å². The summed E-state index contributed by atoms with van der Waals surface area (Å²) in [5.41, 5.74) is 0. The summed E-state index contributed by atoms with van der Waals surface area (Å²) in [4.78, 5) is 21.2. The van der Waals surface area contributed by atoms with Crippen LogP contribution in [0.15, 0.2) is 0 Å². The molecule has 0 spiro atoms. The lowest BCUT2D eigenvalue weighted by atomic mass is 10.3. The Morgan fingerprint density at radius 2 is 1.91 bits per heavy atom. The number of Topliss-reactive ketones (excluding diaryl/α,β-unsaturated/α-hetero) is 1. The Morgan fingerprint density at radius 1 is 1.27 bits per heavy atom. The van der Waals surface area contributed by atoms with Crippen LogP contribution < -0.4 is 0 Å². The molecule has 0 atom stereocenters. The zero-order valence-electron chi connectivity index (χ0n) is 6.75. The largest absolute Gasteiger partial charge is 0.458 e. The molecule has 0 bridgehead atoms. The number of rotatable bonds is 5.